The fraction of sp³-hybridized carbons (Fsp3) is 0.458. The lowest BCUT2D eigenvalue weighted by molar-refractivity contribution is -0.130. The summed E-state index contributed by atoms with van der Waals surface area (Å²) in [7, 11) is 0. The molecule has 1 heterocycles. The van der Waals surface area contributed by atoms with Crippen LogP contribution in [0.4, 0.5) is 0 Å². The van der Waals surface area contributed by atoms with Crippen LogP contribution in [0.5, 0.6) is 0 Å². The maximum Gasteiger partial charge on any atom is 0.335 e. The predicted molar refractivity (Wildman–Crippen MR) is 113 cm³/mol. The molecule has 0 amide bonds. The average Bonchev–Trinajstić information content (AvgIpc) is 3.16. The van der Waals surface area contributed by atoms with E-state index < -0.39 is 11.8 Å². The molecule has 2 aromatic rings. The lowest BCUT2D eigenvalue weighted by Gasteiger charge is -2.42. The number of benzene rings is 2. The Kier molecular flexibility index (Phi) is 5.37. The second kappa shape index (κ2) is 7.24. The third-order valence-electron chi connectivity index (χ3n) is 6.44. The molecule has 2 aliphatic rings. The molecule has 4 N–H and O–H groups in total. The van der Waals surface area contributed by atoms with E-state index in [2.05, 4.69) is 45.9 Å². The van der Waals surface area contributed by atoms with Crippen molar-refractivity contribution in [2.75, 3.05) is 13.2 Å². The van der Waals surface area contributed by atoms with E-state index in [4.69, 9.17) is 9.47 Å². The van der Waals surface area contributed by atoms with E-state index in [-0.39, 0.29) is 22.5 Å². The second-order valence-corrected chi connectivity index (χ2v) is 9.22. The normalized spacial score (nSPS) is 21.1. The number of carboxylic acid groups (broad SMARTS) is 1. The standard InChI is InChI=1S/C24H28O4.H3N/c1-22(2)11-12-23(3,4)20-15-18(9-10-19(20)22)24(27-13-14-28-24)17-7-5-16(6-8-17)21(25)26;/h5-10,15H,11-14H2,1-4H3,(H,25,26);1H3. The molecule has 0 bridgehead atoms. The molecule has 1 saturated heterocycles. The van der Waals surface area contributed by atoms with Crippen LogP contribution in [-0.2, 0) is 26.1 Å². The summed E-state index contributed by atoms with van der Waals surface area (Å²) in [5.74, 6) is -1.92. The fourth-order valence-electron chi connectivity index (χ4n) is 4.54. The highest BCUT2D eigenvalue weighted by Crippen LogP contribution is 2.48. The molecule has 29 heavy (non-hydrogen) atoms. The van der Waals surface area contributed by atoms with E-state index in [1.165, 1.54) is 17.5 Å². The van der Waals surface area contributed by atoms with Crippen LogP contribution in [0.3, 0.4) is 0 Å². The minimum absolute atomic E-state index is 0. The first kappa shape index (κ1) is 21.5. The largest absolute Gasteiger partial charge is 0.478 e. The van der Waals surface area contributed by atoms with Gasteiger partial charge in [-0.2, -0.15) is 0 Å². The van der Waals surface area contributed by atoms with Gasteiger partial charge in [-0.05, 0) is 53.0 Å². The summed E-state index contributed by atoms with van der Waals surface area (Å²) in [6, 6.07) is 13.4. The predicted octanol–water partition coefficient (Wildman–Crippen LogP) is 5.14. The third-order valence-corrected chi connectivity index (χ3v) is 6.44. The Balaban J connectivity index is 0.00000240. The summed E-state index contributed by atoms with van der Waals surface area (Å²) in [6.07, 6.45) is 2.31. The Morgan fingerprint density at radius 3 is 1.90 bits per heavy atom. The Labute approximate surface area is 172 Å². The van der Waals surface area contributed by atoms with Crippen molar-refractivity contribution in [2.45, 2.75) is 57.2 Å². The van der Waals surface area contributed by atoms with Gasteiger partial charge in [0.05, 0.1) is 18.8 Å². The number of hydrogen-bond donors (Lipinski definition) is 2. The van der Waals surface area contributed by atoms with Crippen molar-refractivity contribution >= 4 is 5.97 Å². The quantitative estimate of drug-likeness (QED) is 0.748. The smallest absolute Gasteiger partial charge is 0.335 e. The van der Waals surface area contributed by atoms with Crippen LogP contribution in [0.1, 0.15) is 73.1 Å². The molecular formula is C24H31NO4. The maximum atomic E-state index is 11.2. The molecule has 1 aliphatic heterocycles. The summed E-state index contributed by atoms with van der Waals surface area (Å²) in [5.41, 5.74) is 5.03. The van der Waals surface area contributed by atoms with Gasteiger partial charge in [-0.1, -0.05) is 52.0 Å². The minimum Gasteiger partial charge on any atom is -0.478 e. The van der Waals surface area contributed by atoms with Crippen LogP contribution in [-0.4, -0.2) is 24.3 Å². The van der Waals surface area contributed by atoms with Gasteiger partial charge in [0.25, 0.3) is 0 Å². The zero-order valence-corrected chi connectivity index (χ0v) is 17.7. The monoisotopic (exact) mass is 397 g/mol. The van der Waals surface area contributed by atoms with Gasteiger partial charge in [-0.15, -0.1) is 0 Å². The van der Waals surface area contributed by atoms with Gasteiger partial charge >= 0.3 is 5.97 Å². The minimum atomic E-state index is -0.982. The van der Waals surface area contributed by atoms with Gasteiger partial charge < -0.3 is 20.7 Å². The Hall–Kier alpha value is -2.21. The van der Waals surface area contributed by atoms with Crippen molar-refractivity contribution in [3.8, 4) is 0 Å². The molecule has 0 radical (unpaired) electrons. The van der Waals surface area contributed by atoms with Crippen molar-refractivity contribution < 1.29 is 19.4 Å². The molecule has 5 nitrogen and oxygen atoms in total. The van der Waals surface area contributed by atoms with E-state index in [0.717, 1.165) is 17.5 Å². The molecule has 0 aromatic heterocycles. The van der Waals surface area contributed by atoms with Crippen LogP contribution in [0.15, 0.2) is 42.5 Å². The van der Waals surface area contributed by atoms with Crippen LogP contribution >= 0.6 is 0 Å². The van der Waals surface area contributed by atoms with Crippen molar-refractivity contribution in [2.24, 2.45) is 0 Å². The number of hydrogen-bond acceptors (Lipinski definition) is 4. The zero-order valence-electron chi connectivity index (χ0n) is 17.7. The lowest BCUT2D eigenvalue weighted by atomic mass is 9.62. The Bertz CT molecular complexity index is 909. The van der Waals surface area contributed by atoms with Gasteiger partial charge in [0.1, 0.15) is 0 Å². The highest BCUT2D eigenvalue weighted by Gasteiger charge is 2.43. The molecule has 2 aromatic carbocycles. The highest BCUT2D eigenvalue weighted by atomic mass is 16.7. The number of rotatable bonds is 3. The summed E-state index contributed by atoms with van der Waals surface area (Å²) in [4.78, 5) is 11.2. The number of fused-ring (bicyclic) bond motifs is 1. The molecule has 156 valence electrons. The SMILES string of the molecule is CC1(C)CCC(C)(C)c2cc(C3(c4ccc(C(=O)O)cc4)OCCO3)ccc21.N. The topological polar surface area (TPSA) is 90.8 Å². The molecule has 1 aliphatic carbocycles. The van der Waals surface area contributed by atoms with E-state index >= 15 is 0 Å². The molecule has 5 heteroatoms. The van der Waals surface area contributed by atoms with Gasteiger partial charge in [0.15, 0.2) is 0 Å². The number of carbonyl (C=O) groups is 1. The van der Waals surface area contributed by atoms with Crippen molar-refractivity contribution in [1.82, 2.24) is 6.15 Å². The van der Waals surface area contributed by atoms with E-state index in [0.29, 0.717) is 13.2 Å². The van der Waals surface area contributed by atoms with Crippen molar-refractivity contribution in [1.29, 1.82) is 0 Å². The van der Waals surface area contributed by atoms with Crippen molar-refractivity contribution in [3.05, 3.63) is 70.3 Å². The van der Waals surface area contributed by atoms with Gasteiger partial charge in [-0.3, -0.25) is 0 Å². The molecule has 0 spiro atoms. The molecule has 0 atom stereocenters. The number of ether oxygens (including phenoxy) is 2. The number of carboxylic acids is 1. The van der Waals surface area contributed by atoms with E-state index in [1.54, 1.807) is 24.3 Å². The van der Waals surface area contributed by atoms with Gasteiger partial charge in [0.2, 0.25) is 5.79 Å². The summed E-state index contributed by atoms with van der Waals surface area (Å²) >= 11 is 0. The molecule has 0 unspecified atom stereocenters. The third kappa shape index (κ3) is 3.48. The van der Waals surface area contributed by atoms with Crippen LogP contribution in [0.25, 0.3) is 0 Å². The Morgan fingerprint density at radius 2 is 1.34 bits per heavy atom. The first-order valence-electron chi connectivity index (χ1n) is 9.93. The second-order valence-electron chi connectivity index (χ2n) is 9.22. The van der Waals surface area contributed by atoms with Gasteiger partial charge in [0, 0.05) is 11.1 Å². The number of aromatic carboxylic acids is 1. The maximum absolute atomic E-state index is 11.2. The van der Waals surface area contributed by atoms with Crippen LogP contribution < -0.4 is 6.15 Å². The first-order chi connectivity index (χ1) is 13.2. The lowest BCUT2D eigenvalue weighted by Crippen LogP contribution is -2.35. The summed E-state index contributed by atoms with van der Waals surface area (Å²) in [5, 5.41) is 9.20. The Morgan fingerprint density at radius 1 is 0.828 bits per heavy atom. The highest BCUT2D eigenvalue weighted by molar-refractivity contribution is 5.87. The zero-order chi connectivity index (χ0) is 20.2. The van der Waals surface area contributed by atoms with E-state index in [9.17, 15) is 9.90 Å². The van der Waals surface area contributed by atoms with Crippen LogP contribution in [0.2, 0.25) is 0 Å². The van der Waals surface area contributed by atoms with Crippen LogP contribution in [0, 0.1) is 0 Å². The first-order valence-corrected chi connectivity index (χ1v) is 9.93. The molecule has 4 rings (SSSR count). The molecule has 0 saturated carbocycles. The van der Waals surface area contributed by atoms with E-state index in [1.807, 2.05) is 0 Å². The molecular weight excluding hydrogens is 366 g/mol. The summed E-state index contributed by atoms with van der Waals surface area (Å²) < 4.78 is 12.3. The van der Waals surface area contributed by atoms with Crippen molar-refractivity contribution in [3.63, 3.8) is 0 Å². The van der Waals surface area contributed by atoms with Gasteiger partial charge in [-0.25, -0.2) is 4.79 Å². The average molecular weight is 398 g/mol. The fourth-order valence-corrected chi connectivity index (χ4v) is 4.54. The molecule has 1 fully saturated rings. The summed E-state index contributed by atoms with van der Waals surface area (Å²) in [6.45, 7) is 10.2.